The number of rotatable bonds is 3. The molecule has 16 heavy (non-hydrogen) atoms. The molecule has 0 radical (unpaired) electrons. The van der Waals surface area contributed by atoms with Crippen LogP contribution < -0.4 is 5.32 Å². The molecule has 0 saturated heterocycles. The standard InChI is InChI=1S/C13H19NO2/c1-8-5-13(15)9(2)4-12(8)14-10-6-11(7-10)16-3/h4-5,10-11,14-15H,6-7H2,1-3H3. The van der Waals surface area contributed by atoms with E-state index in [2.05, 4.69) is 5.32 Å². The van der Waals surface area contributed by atoms with Crippen LogP contribution in [0.3, 0.4) is 0 Å². The number of ether oxygens (including phenoxy) is 1. The van der Waals surface area contributed by atoms with Crippen molar-refractivity contribution in [3.8, 4) is 5.75 Å². The van der Waals surface area contributed by atoms with E-state index in [-0.39, 0.29) is 0 Å². The maximum atomic E-state index is 9.56. The van der Waals surface area contributed by atoms with Gasteiger partial charge < -0.3 is 15.2 Å². The molecule has 3 heteroatoms. The molecule has 0 atom stereocenters. The fourth-order valence-electron chi connectivity index (χ4n) is 2.05. The fraction of sp³-hybridized carbons (Fsp3) is 0.538. The van der Waals surface area contributed by atoms with Crippen molar-refractivity contribution >= 4 is 5.69 Å². The molecule has 2 rings (SSSR count). The van der Waals surface area contributed by atoms with Gasteiger partial charge in [-0.2, -0.15) is 0 Å². The Bertz CT molecular complexity index is 384. The first kappa shape index (κ1) is 11.3. The predicted molar refractivity (Wildman–Crippen MR) is 65.0 cm³/mol. The first-order valence-electron chi connectivity index (χ1n) is 5.69. The average Bonchev–Trinajstić information content (AvgIpc) is 2.18. The SMILES string of the molecule is COC1CC(Nc2cc(C)c(O)cc2C)C1. The predicted octanol–water partition coefficient (Wildman–Crippen LogP) is 2.60. The Kier molecular flexibility index (Phi) is 3.06. The van der Waals surface area contributed by atoms with E-state index in [4.69, 9.17) is 4.74 Å². The first-order valence-corrected chi connectivity index (χ1v) is 5.69. The summed E-state index contributed by atoms with van der Waals surface area (Å²) in [4.78, 5) is 0. The monoisotopic (exact) mass is 221 g/mol. The van der Waals surface area contributed by atoms with E-state index in [0.29, 0.717) is 17.9 Å². The summed E-state index contributed by atoms with van der Waals surface area (Å²) >= 11 is 0. The Morgan fingerprint density at radius 3 is 2.56 bits per heavy atom. The van der Waals surface area contributed by atoms with Crippen LogP contribution in [-0.2, 0) is 4.74 Å². The second kappa shape index (κ2) is 4.34. The van der Waals surface area contributed by atoms with E-state index >= 15 is 0 Å². The van der Waals surface area contributed by atoms with Gasteiger partial charge in [-0.1, -0.05) is 0 Å². The molecule has 1 saturated carbocycles. The molecule has 2 N–H and O–H groups in total. The van der Waals surface area contributed by atoms with Crippen LogP contribution in [0.1, 0.15) is 24.0 Å². The van der Waals surface area contributed by atoms with E-state index in [1.165, 1.54) is 0 Å². The molecule has 1 aliphatic carbocycles. The highest BCUT2D eigenvalue weighted by atomic mass is 16.5. The normalized spacial score (nSPS) is 23.9. The van der Waals surface area contributed by atoms with Gasteiger partial charge in [0.1, 0.15) is 5.75 Å². The van der Waals surface area contributed by atoms with Gasteiger partial charge in [-0.05, 0) is 49.9 Å². The molecule has 0 aliphatic heterocycles. The Balaban J connectivity index is 2.02. The number of hydrogen-bond acceptors (Lipinski definition) is 3. The molecule has 0 heterocycles. The highest BCUT2D eigenvalue weighted by Gasteiger charge is 2.29. The third kappa shape index (κ3) is 2.14. The number of anilines is 1. The lowest BCUT2D eigenvalue weighted by atomic mass is 9.89. The van der Waals surface area contributed by atoms with E-state index in [1.54, 1.807) is 7.11 Å². The van der Waals surface area contributed by atoms with Crippen LogP contribution in [-0.4, -0.2) is 24.4 Å². The number of phenolic OH excluding ortho intramolecular Hbond substituents is 1. The molecule has 1 aromatic rings. The van der Waals surface area contributed by atoms with Gasteiger partial charge in [0, 0.05) is 18.8 Å². The highest BCUT2D eigenvalue weighted by molar-refractivity contribution is 5.57. The summed E-state index contributed by atoms with van der Waals surface area (Å²) in [6.07, 6.45) is 2.54. The van der Waals surface area contributed by atoms with Crippen molar-refractivity contribution in [1.82, 2.24) is 0 Å². The van der Waals surface area contributed by atoms with Crippen LogP contribution in [0.4, 0.5) is 5.69 Å². The number of benzene rings is 1. The fourth-order valence-corrected chi connectivity index (χ4v) is 2.05. The minimum atomic E-state index is 0.367. The molecular weight excluding hydrogens is 202 g/mol. The molecule has 0 unspecified atom stereocenters. The quantitative estimate of drug-likeness (QED) is 0.771. The van der Waals surface area contributed by atoms with Crippen molar-refractivity contribution in [3.05, 3.63) is 23.3 Å². The van der Waals surface area contributed by atoms with Crippen LogP contribution in [0.2, 0.25) is 0 Å². The zero-order valence-electron chi connectivity index (χ0n) is 10.1. The number of aryl methyl sites for hydroxylation is 2. The average molecular weight is 221 g/mol. The van der Waals surface area contributed by atoms with E-state index < -0.39 is 0 Å². The van der Waals surface area contributed by atoms with Gasteiger partial charge in [0.15, 0.2) is 0 Å². The molecule has 0 bridgehead atoms. The van der Waals surface area contributed by atoms with Crippen molar-refractivity contribution in [2.75, 3.05) is 12.4 Å². The molecule has 0 amide bonds. The Morgan fingerprint density at radius 2 is 1.94 bits per heavy atom. The Labute approximate surface area is 96.4 Å². The zero-order valence-corrected chi connectivity index (χ0v) is 10.1. The summed E-state index contributed by atoms with van der Waals surface area (Å²) in [6.45, 7) is 3.92. The highest BCUT2D eigenvalue weighted by Crippen LogP contribution is 2.30. The summed E-state index contributed by atoms with van der Waals surface area (Å²) in [5.74, 6) is 0.367. The van der Waals surface area contributed by atoms with Gasteiger partial charge in [0.2, 0.25) is 0 Å². The summed E-state index contributed by atoms with van der Waals surface area (Å²) in [5, 5.41) is 13.1. The third-order valence-electron chi connectivity index (χ3n) is 3.33. The van der Waals surface area contributed by atoms with Crippen LogP contribution in [0, 0.1) is 13.8 Å². The van der Waals surface area contributed by atoms with Gasteiger partial charge in [-0.3, -0.25) is 0 Å². The minimum absolute atomic E-state index is 0.367. The molecule has 1 aliphatic rings. The molecular formula is C13H19NO2. The number of phenols is 1. The molecule has 0 spiro atoms. The lowest BCUT2D eigenvalue weighted by Crippen LogP contribution is -2.40. The number of hydrogen-bond donors (Lipinski definition) is 2. The maximum absolute atomic E-state index is 9.56. The maximum Gasteiger partial charge on any atom is 0.118 e. The number of aromatic hydroxyl groups is 1. The summed E-state index contributed by atoms with van der Waals surface area (Å²) in [6, 6.07) is 4.32. The topological polar surface area (TPSA) is 41.5 Å². The van der Waals surface area contributed by atoms with Crippen LogP contribution in [0.5, 0.6) is 5.75 Å². The molecule has 1 aromatic carbocycles. The van der Waals surface area contributed by atoms with E-state index in [0.717, 1.165) is 29.7 Å². The second-order valence-corrected chi connectivity index (χ2v) is 4.62. The van der Waals surface area contributed by atoms with Gasteiger partial charge in [-0.25, -0.2) is 0 Å². The zero-order chi connectivity index (χ0) is 11.7. The summed E-state index contributed by atoms with van der Waals surface area (Å²) < 4.78 is 5.25. The van der Waals surface area contributed by atoms with Gasteiger partial charge in [0.25, 0.3) is 0 Å². The number of nitrogens with one attached hydrogen (secondary N) is 1. The molecule has 3 nitrogen and oxygen atoms in total. The lowest BCUT2D eigenvalue weighted by molar-refractivity contribution is 0.0328. The largest absolute Gasteiger partial charge is 0.508 e. The van der Waals surface area contributed by atoms with Crippen LogP contribution >= 0.6 is 0 Å². The molecule has 1 fully saturated rings. The minimum Gasteiger partial charge on any atom is -0.508 e. The third-order valence-corrected chi connectivity index (χ3v) is 3.33. The Morgan fingerprint density at radius 1 is 1.25 bits per heavy atom. The second-order valence-electron chi connectivity index (χ2n) is 4.62. The summed E-state index contributed by atoms with van der Waals surface area (Å²) in [5.41, 5.74) is 3.12. The molecule has 0 aromatic heterocycles. The van der Waals surface area contributed by atoms with Gasteiger partial charge in [-0.15, -0.1) is 0 Å². The van der Waals surface area contributed by atoms with Crippen LogP contribution in [0.25, 0.3) is 0 Å². The van der Waals surface area contributed by atoms with E-state index in [9.17, 15) is 5.11 Å². The Hall–Kier alpha value is -1.22. The van der Waals surface area contributed by atoms with Gasteiger partial charge in [0.05, 0.1) is 6.10 Å². The van der Waals surface area contributed by atoms with Crippen LogP contribution in [0.15, 0.2) is 12.1 Å². The molecule has 88 valence electrons. The number of methoxy groups -OCH3 is 1. The first-order chi connectivity index (χ1) is 7.60. The van der Waals surface area contributed by atoms with Crippen molar-refractivity contribution in [2.24, 2.45) is 0 Å². The van der Waals surface area contributed by atoms with Crippen molar-refractivity contribution < 1.29 is 9.84 Å². The van der Waals surface area contributed by atoms with Crippen molar-refractivity contribution in [2.45, 2.75) is 38.8 Å². The van der Waals surface area contributed by atoms with Crippen molar-refractivity contribution in [3.63, 3.8) is 0 Å². The summed E-state index contributed by atoms with van der Waals surface area (Å²) in [7, 11) is 1.76. The van der Waals surface area contributed by atoms with E-state index in [1.807, 2.05) is 26.0 Å². The lowest BCUT2D eigenvalue weighted by Gasteiger charge is -2.35. The smallest absolute Gasteiger partial charge is 0.118 e. The van der Waals surface area contributed by atoms with Gasteiger partial charge >= 0.3 is 0 Å². The van der Waals surface area contributed by atoms with Crippen molar-refractivity contribution in [1.29, 1.82) is 0 Å².